The number of hydrogen-bond acceptors (Lipinski definition) is 4. The summed E-state index contributed by atoms with van der Waals surface area (Å²) in [7, 11) is 0. The summed E-state index contributed by atoms with van der Waals surface area (Å²) in [5, 5.41) is 0. The molecule has 0 aromatic heterocycles. The van der Waals surface area contributed by atoms with Gasteiger partial charge in [-0.25, -0.2) is 0 Å². The fraction of sp³-hybridized carbons (Fsp3) is 0.933. The monoisotopic (exact) mass is 283 g/mol. The number of fused-ring (bicyclic) bond motifs is 1. The molecule has 2 heterocycles. The van der Waals surface area contributed by atoms with Gasteiger partial charge in [0.1, 0.15) is 0 Å². The molecule has 3 atom stereocenters. The summed E-state index contributed by atoms with van der Waals surface area (Å²) in [5.74, 6) is 0.0954. The fourth-order valence-corrected chi connectivity index (χ4v) is 3.48. The minimum absolute atomic E-state index is 0.0954. The van der Waals surface area contributed by atoms with E-state index < -0.39 is 0 Å². The molecule has 4 N–H and O–H groups in total. The van der Waals surface area contributed by atoms with Crippen LogP contribution in [0.15, 0.2) is 0 Å². The van der Waals surface area contributed by atoms with E-state index in [-0.39, 0.29) is 29.7 Å². The topological polar surface area (TPSA) is 81.6 Å². The Kier molecular flexibility index (Phi) is 5.04. The van der Waals surface area contributed by atoms with Crippen LogP contribution < -0.4 is 11.5 Å². The van der Waals surface area contributed by atoms with E-state index in [9.17, 15) is 4.79 Å². The van der Waals surface area contributed by atoms with Crippen LogP contribution in [0.1, 0.15) is 52.4 Å². The summed E-state index contributed by atoms with van der Waals surface area (Å²) in [4.78, 5) is 14.5. The Morgan fingerprint density at radius 3 is 2.90 bits per heavy atom. The van der Waals surface area contributed by atoms with Gasteiger partial charge in [0.05, 0.1) is 23.8 Å². The van der Waals surface area contributed by atoms with E-state index in [0.717, 1.165) is 45.1 Å². The van der Waals surface area contributed by atoms with E-state index in [1.54, 1.807) is 0 Å². The third-order valence-electron chi connectivity index (χ3n) is 4.46. The van der Waals surface area contributed by atoms with Crippen molar-refractivity contribution in [3.8, 4) is 0 Å². The molecule has 2 fully saturated rings. The third-order valence-corrected chi connectivity index (χ3v) is 4.46. The first-order valence-electron chi connectivity index (χ1n) is 7.88. The second-order valence-corrected chi connectivity index (χ2v) is 6.75. The molecule has 1 amide bonds. The van der Waals surface area contributed by atoms with Gasteiger partial charge in [0.25, 0.3) is 0 Å². The predicted molar refractivity (Wildman–Crippen MR) is 79.2 cm³/mol. The average molecular weight is 283 g/mol. The van der Waals surface area contributed by atoms with Crippen LogP contribution in [0.4, 0.5) is 0 Å². The van der Waals surface area contributed by atoms with E-state index in [0.29, 0.717) is 6.54 Å². The molecular formula is C15H29N3O2. The molecule has 20 heavy (non-hydrogen) atoms. The van der Waals surface area contributed by atoms with Crippen molar-refractivity contribution in [3.05, 3.63) is 0 Å². The summed E-state index contributed by atoms with van der Waals surface area (Å²) in [5.41, 5.74) is 11.4. The molecule has 2 aliphatic rings. The largest absolute Gasteiger partial charge is 0.370 e. The molecule has 116 valence electrons. The number of carbonyl (C=O) groups is 1. The summed E-state index contributed by atoms with van der Waals surface area (Å²) < 4.78 is 6.06. The summed E-state index contributed by atoms with van der Waals surface area (Å²) in [6, 6.07) is -0.171. The first-order chi connectivity index (χ1) is 9.44. The number of ether oxygens (including phenoxy) is 1. The van der Waals surface area contributed by atoms with Gasteiger partial charge in [-0.15, -0.1) is 0 Å². The molecule has 2 saturated heterocycles. The molecule has 2 aliphatic heterocycles. The number of unbranched alkanes of at least 4 members (excludes halogenated alkanes) is 1. The third kappa shape index (κ3) is 3.51. The maximum atomic E-state index is 12.6. The molecule has 2 rings (SSSR count). The Hall–Kier alpha value is -0.650. The lowest BCUT2D eigenvalue weighted by molar-refractivity contribution is -0.139. The van der Waals surface area contributed by atoms with Gasteiger partial charge in [-0.3, -0.25) is 4.79 Å². The van der Waals surface area contributed by atoms with Gasteiger partial charge in [0.15, 0.2) is 0 Å². The maximum absolute atomic E-state index is 12.6. The Labute approximate surface area is 122 Å². The highest BCUT2D eigenvalue weighted by molar-refractivity contribution is 5.82. The van der Waals surface area contributed by atoms with Gasteiger partial charge in [-0.1, -0.05) is 6.42 Å². The molecule has 0 radical (unpaired) electrons. The Morgan fingerprint density at radius 1 is 1.45 bits per heavy atom. The second-order valence-electron chi connectivity index (χ2n) is 6.75. The van der Waals surface area contributed by atoms with E-state index in [2.05, 4.69) is 13.8 Å². The first-order valence-corrected chi connectivity index (χ1v) is 7.88. The average Bonchev–Trinajstić information content (AvgIpc) is 2.71. The Morgan fingerprint density at radius 2 is 2.20 bits per heavy atom. The van der Waals surface area contributed by atoms with Gasteiger partial charge in [0.2, 0.25) is 5.91 Å². The molecule has 0 aliphatic carbocycles. The number of amides is 1. The molecule has 0 unspecified atom stereocenters. The predicted octanol–water partition coefficient (Wildman–Crippen LogP) is 1.00. The molecule has 0 bridgehead atoms. The second kappa shape index (κ2) is 6.41. The molecule has 0 spiro atoms. The molecular weight excluding hydrogens is 254 g/mol. The molecule has 5 nitrogen and oxygen atoms in total. The van der Waals surface area contributed by atoms with E-state index in [1.165, 1.54) is 0 Å². The van der Waals surface area contributed by atoms with Gasteiger partial charge in [-0.2, -0.15) is 0 Å². The van der Waals surface area contributed by atoms with Gasteiger partial charge in [-0.05, 0) is 52.5 Å². The van der Waals surface area contributed by atoms with E-state index in [1.807, 2.05) is 4.90 Å². The molecule has 0 aromatic carbocycles. The maximum Gasteiger partial charge on any atom is 0.239 e. The lowest BCUT2D eigenvalue weighted by Crippen LogP contribution is -2.54. The van der Waals surface area contributed by atoms with Crippen LogP contribution in [0.25, 0.3) is 0 Å². The SMILES string of the molecule is CC1(C)C[C@H]2[C@H](CCCN2C(=O)[C@@H](N)CCCCN)O1. The summed E-state index contributed by atoms with van der Waals surface area (Å²) >= 11 is 0. The van der Waals surface area contributed by atoms with Gasteiger partial charge >= 0.3 is 0 Å². The van der Waals surface area contributed by atoms with Crippen LogP contribution in [-0.2, 0) is 9.53 Å². The van der Waals surface area contributed by atoms with Crippen molar-refractivity contribution in [2.45, 2.75) is 76.2 Å². The standard InChI is InChI=1S/C15H29N3O2/c1-15(2)10-12-13(20-15)7-5-9-18(12)14(19)11(17)6-3-4-8-16/h11-13H,3-10,16-17H2,1-2H3/t11-,12-,13-/m0/s1. The first kappa shape index (κ1) is 15.7. The minimum Gasteiger partial charge on any atom is -0.370 e. The smallest absolute Gasteiger partial charge is 0.239 e. The van der Waals surface area contributed by atoms with Crippen molar-refractivity contribution >= 4 is 5.91 Å². The zero-order valence-electron chi connectivity index (χ0n) is 12.8. The minimum atomic E-state index is -0.385. The Bertz CT molecular complexity index is 346. The highest BCUT2D eigenvalue weighted by Crippen LogP contribution is 2.38. The lowest BCUT2D eigenvalue weighted by atomic mass is 9.93. The quantitative estimate of drug-likeness (QED) is 0.738. The summed E-state index contributed by atoms with van der Waals surface area (Å²) in [6.07, 6.45) is 5.77. The number of piperidine rings is 1. The zero-order valence-corrected chi connectivity index (χ0v) is 12.8. The van der Waals surface area contributed by atoms with Crippen LogP contribution in [0, 0.1) is 0 Å². The molecule has 0 aromatic rings. The van der Waals surface area contributed by atoms with E-state index >= 15 is 0 Å². The van der Waals surface area contributed by atoms with Crippen molar-refractivity contribution in [1.82, 2.24) is 4.90 Å². The zero-order chi connectivity index (χ0) is 14.8. The van der Waals surface area contributed by atoms with Crippen molar-refractivity contribution in [3.63, 3.8) is 0 Å². The van der Waals surface area contributed by atoms with E-state index in [4.69, 9.17) is 16.2 Å². The summed E-state index contributed by atoms with van der Waals surface area (Å²) in [6.45, 7) is 5.70. The normalized spacial score (nSPS) is 30.1. The van der Waals surface area contributed by atoms with Gasteiger partial charge < -0.3 is 21.1 Å². The van der Waals surface area contributed by atoms with Crippen LogP contribution in [0.2, 0.25) is 0 Å². The highest BCUT2D eigenvalue weighted by Gasteiger charge is 2.46. The van der Waals surface area contributed by atoms with Crippen molar-refractivity contribution in [2.24, 2.45) is 11.5 Å². The van der Waals surface area contributed by atoms with Crippen LogP contribution in [0.5, 0.6) is 0 Å². The van der Waals surface area contributed by atoms with Gasteiger partial charge in [0, 0.05) is 6.54 Å². The number of rotatable bonds is 5. The van der Waals surface area contributed by atoms with Crippen LogP contribution >= 0.6 is 0 Å². The highest BCUT2D eigenvalue weighted by atomic mass is 16.5. The number of hydrogen-bond donors (Lipinski definition) is 2. The fourth-order valence-electron chi connectivity index (χ4n) is 3.48. The van der Waals surface area contributed by atoms with Crippen molar-refractivity contribution < 1.29 is 9.53 Å². The van der Waals surface area contributed by atoms with Crippen molar-refractivity contribution in [1.29, 1.82) is 0 Å². The van der Waals surface area contributed by atoms with Crippen molar-refractivity contribution in [2.75, 3.05) is 13.1 Å². The Balaban J connectivity index is 1.95. The molecule has 0 saturated carbocycles. The number of nitrogens with two attached hydrogens (primary N) is 2. The number of nitrogens with zero attached hydrogens (tertiary/aromatic N) is 1. The number of carbonyl (C=O) groups excluding carboxylic acids is 1. The van der Waals surface area contributed by atoms with Crippen LogP contribution in [0.3, 0.4) is 0 Å². The number of likely N-dealkylation sites (tertiary alicyclic amines) is 1. The lowest BCUT2D eigenvalue weighted by Gasteiger charge is -2.37. The van der Waals surface area contributed by atoms with Crippen LogP contribution in [-0.4, -0.2) is 47.7 Å². The molecule has 5 heteroatoms.